The third-order valence-electron chi connectivity index (χ3n) is 2.36. The number of nitrogens with two attached hydrogens (primary N) is 1. The Hall–Kier alpha value is -1.10. The zero-order valence-corrected chi connectivity index (χ0v) is 6.72. The van der Waals surface area contributed by atoms with E-state index in [1.807, 2.05) is 0 Å². The molecule has 1 heterocycles. The lowest BCUT2D eigenvalue weighted by Crippen LogP contribution is -2.20. The number of aliphatic hydroxyl groups excluding tert-OH is 1. The van der Waals surface area contributed by atoms with E-state index in [0.29, 0.717) is 5.95 Å². The van der Waals surface area contributed by atoms with Gasteiger partial charge in [0, 0.05) is 0 Å². The van der Waals surface area contributed by atoms with E-state index >= 15 is 0 Å². The first-order valence-electron chi connectivity index (χ1n) is 4.12. The van der Waals surface area contributed by atoms with E-state index in [2.05, 4.69) is 10.1 Å². The summed E-state index contributed by atoms with van der Waals surface area (Å²) in [5.74, 6) is 0.390. The van der Waals surface area contributed by atoms with E-state index in [-0.39, 0.29) is 12.1 Å². The van der Waals surface area contributed by atoms with Crippen LogP contribution in [0.4, 0.5) is 5.95 Å². The number of anilines is 1. The molecule has 2 atom stereocenters. The first kappa shape index (κ1) is 7.54. The summed E-state index contributed by atoms with van der Waals surface area (Å²) in [4.78, 5) is 3.81. The van der Waals surface area contributed by atoms with Crippen LogP contribution in [0.2, 0.25) is 0 Å². The van der Waals surface area contributed by atoms with Crippen LogP contribution in [0.1, 0.15) is 25.3 Å². The molecule has 5 heteroatoms. The molecule has 1 saturated carbocycles. The summed E-state index contributed by atoms with van der Waals surface area (Å²) < 4.78 is 1.61. The molecule has 1 fully saturated rings. The topological polar surface area (TPSA) is 77.0 Å². The van der Waals surface area contributed by atoms with Crippen LogP contribution in [0, 0.1) is 0 Å². The molecule has 5 nitrogen and oxygen atoms in total. The highest BCUT2D eigenvalue weighted by atomic mass is 16.3. The smallest absolute Gasteiger partial charge is 0.218 e. The molecule has 2 unspecified atom stereocenters. The Morgan fingerprint density at radius 1 is 1.58 bits per heavy atom. The molecule has 0 aliphatic heterocycles. The van der Waals surface area contributed by atoms with Gasteiger partial charge in [0.25, 0.3) is 0 Å². The third-order valence-corrected chi connectivity index (χ3v) is 2.36. The van der Waals surface area contributed by atoms with Crippen LogP contribution in [0.15, 0.2) is 6.33 Å². The second-order valence-electron chi connectivity index (χ2n) is 3.13. The van der Waals surface area contributed by atoms with E-state index in [9.17, 15) is 5.11 Å². The molecule has 0 bridgehead atoms. The van der Waals surface area contributed by atoms with Crippen LogP contribution in [0.5, 0.6) is 0 Å². The maximum absolute atomic E-state index is 9.54. The molecule has 1 aliphatic rings. The maximum Gasteiger partial charge on any atom is 0.218 e. The molecule has 0 radical (unpaired) electrons. The van der Waals surface area contributed by atoms with Crippen LogP contribution in [-0.2, 0) is 0 Å². The second kappa shape index (κ2) is 2.75. The number of hydrogen-bond acceptors (Lipinski definition) is 4. The number of hydrogen-bond donors (Lipinski definition) is 2. The number of aliphatic hydroxyl groups is 1. The van der Waals surface area contributed by atoms with Gasteiger partial charge in [0.15, 0.2) is 0 Å². The van der Waals surface area contributed by atoms with E-state index in [4.69, 9.17) is 5.73 Å². The summed E-state index contributed by atoms with van der Waals surface area (Å²) in [5.41, 5.74) is 5.56. The Morgan fingerprint density at radius 2 is 2.42 bits per heavy atom. The van der Waals surface area contributed by atoms with Gasteiger partial charge in [-0.15, -0.1) is 0 Å². The van der Waals surface area contributed by atoms with Crippen LogP contribution >= 0.6 is 0 Å². The molecule has 0 aromatic carbocycles. The summed E-state index contributed by atoms with van der Waals surface area (Å²) in [5, 5.41) is 13.5. The van der Waals surface area contributed by atoms with Gasteiger partial charge >= 0.3 is 0 Å². The van der Waals surface area contributed by atoms with Crippen molar-refractivity contribution in [2.75, 3.05) is 5.73 Å². The van der Waals surface area contributed by atoms with Crippen LogP contribution in [-0.4, -0.2) is 26.0 Å². The number of aromatic nitrogens is 3. The van der Waals surface area contributed by atoms with Crippen molar-refractivity contribution in [2.45, 2.75) is 31.4 Å². The molecule has 2 rings (SSSR count). The molecule has 1 aliphatic carbocycles. The van der Waals surface area contributed by atoms with Gasteiger partial charge in [0.05, 0.1) is 12.1 Å². The summed E-state index contributed by atoms with van der Waals surface area (Å²) in [6, 6.07) is 0.0347. The number of nitrogens with zero attached hydrogens (tertiary/aromatic N) is 3. The lowest BCUT2D eigenvalue weighted by molar-refractivity contribution is 0.131. The molecule has 1 aromatic rings. The highest BCUT2D eigenvalue weighted by molar-refractivity contribution is 5.14. The van der Waals surface area contributed by atoms with E-state index in [1.54, 1.807) is 4.68 Å². The Kier molecular flexibility index (Phi) is 1.73. The van der Waals surface area contributed by atoms with Gasteiger partial charge in [0.2, 0.25) is 5.95 Å². The van der Waals surface area contributed by atoms with Crippen LogP contribution in [0.25, 0.3) is 0 Å². The molecule has 0 spiro atoms. The fourth-order valence-corrected chi connectivity index (χ4v) is 1.72. The van der Waals surface area contributed by atoms with E-state index in [0.717, 1.165) is 19.3 Å². The third kappa shape index (κ3) is 1.06. The molecule has 1 aromatic heterocycles. The van der Waals surface area contributed by atoms with Crippen LogP contribution < -0.4 is 5.73 Å². The molecule has 3 N–H and O–H groups in total. The van der Waals surface area contributed by atoms with Gasteiger partial charge < -0.3 is 10.8 Å². The second-order valence-corrected chi connectivity index (χ2v) is 3.13. The normalized spacial score (nSPS) is 29.4. The Balaban J connectivity index is 2.24. The Labute approximate surface area is 70.2 Å². The van der Waals surface area contributed by atoms with Crippen molar-refractivity contribution >= 4 is 5.95 Å². The van der Waals surface area contributed by atoms with E-state index < -0.39 is 0 Å². The molecule has 0 amide bonds. The standard InChI is InChI=1S/C7H12N4O/c8-7-9-4-10-11(7)5-2-1-3-6(5)12/h4-6,12H,1-3H2,(H2,8,9,10). The van der Waals surface area contributed by atoms with Gasteiger partial charge in [0.1, 0.15) is 6.33 Å². The lowest BCUT2D eigenvalue weighted by Gasteiger charge is -2.14. The summed E-state index contributed by atoms with van der Waals surface area (Å²) in [7, 11) is 0. The monoisotopic (exact) mass is 168 g/mol. The molecule has 0 saturated heterocycles. The first-order chi connectivity index (χ1) is 5.79. The van der Waals surface area contributed by atoms with Crippen molar-refractivity contribution in [2.24, 2.45) is 0 Å². The van der Waals surface area contributed by atoms with Gasteiger partial charge in [-0.3, -0.25) is 0 Å². The largest absolute Gasteiger partial charge is 0.391 e. The lowest BCUT2D eigenvalue weighted by atomic mass is 10.2. The Morgan fingerprint density at radius 3 is 2.92 bits per heavy atom. The SMILES string of the molecule is Nc1ncnn1C1CCCC1O. The minimum Gasteiger partial charge on any atom is -0.391 e. The fourth-order valence-electron chi connectivity index (χ4n) is 1.72. The minimum atomic E-state index is -0.311. The zero-order chi connectivity index (χ0) is 8.55. The average molecular weight is 168 g/mol. The summed E-state index contributed by atoms with van der Waals surface area (Å²) in [6.07, 6.45) is 3.92. The van der Waals surface area contributed by atoms with Gasteiger partial charge in [-0.25, -0.2) is 9.67 Å². The molecular weight excluding hydrogens is 156 g/mol. The van der Waals surface area contributed by atoms with Crippen molar-refractivity contribution in [1.82, 2.24) is 14.8 Å². The first-order valence-corrected chi connectivity index (χ1v) is 4.12. The van der Waals surface area contributed by atoms with Gasteiger partial charge in [-0.2, -0.15) is 5.10 Å². The molecule has 66 valence electrons. The summed E-state index contributed by atoms with van der Waals surface area (Å²) in [6.45, 7) is 0. The van der Waals surface area contributed by atoms with Gasteiger partial charge in [-0.1, -0.05) is 0 Å². The van der Waals surface area contributed by atoms with Crippen molar-refractivity contribution in [1.29, 1.82) is 0 Å². The Bertz CT molecular complexity index is 272. The zero-order valence-electron chi connectivity index (χ0n) is 6.72. The predicted octanol–water partition coefficient (Wildman–Crippen LogP) is -0.0538. The quantitative estimate of drug-likeness (QED) is 0.616. The highest BCUT2D eigenvalue weighted by Gasteiger charge is 2.28. The van der Waals surface area contributed by atoms with Gasteiger partial charge in [-0.05, 0) is 19.3 Å². The summed E-state index contributed by atoms with van der Waals surface area (Å²) >= 11 is 0. The maximum atomic E-state index is 9.54. The van der Waals surface area contributed by atoms with Crippen molar-refractivity contribution in [3.05, 3.63) is 6.33 Å². The number of rotatable bonds is 1. The van der Waals surface area contributed by atoms with Crippen molar-refractivity contribution in [3.63, 3.8) is 0 Å². The van der Waals surface area contributed by atoms with E-state index in [1.165, 1.54) is 6.33 Å². The average Bonchev–Trinajstić information content (AvgIpc) is 2.59. The van der Waals surface area contributed by atoms with Crippen molar-refractivity contribution in [3.8, 4) is 0 Å². The highest BCUT2D eigenvalue weighted by Crippen LogP contribution is 2.30. The number of nitrogen functional groups attached to an aromatic ring is 1. The fraction of sp³-hybridized carbons (Fsp3) is 0.714. The predicted molar refractivity (Wildman–Crippen MR) is 43.3 cm³/mol. The molecular formula is C7H12N4O. The minimum absolute atomic E-state index is 0.0347. The van der Waals surface area contributed by atoms with Crippen LogP contribution in [0.3, 0.4) is 0 Å². The van der Waals surface area contributed by atoms with Crippen molar-refractivity contribution < 1.29 is 5.11 Å². The molecule has 12 heavy (non-hydrogen) atoms.